The molecule has 0 unspecified atom stereocenters. The summed E-state index contributed by atoms with van der Waals surface area (Å²) in [6.07, 6.45) is 1.57. The van der Waals surface area contributed by atoms with Crippen molar-refractivity contribution in [2.45, 2.75) is 37.1 Å². The van der Waals surface area contributed by atoms with E-state index in [0.29, 0.717) is 43.7 Å². The molecule has 1 saturated heterocycles. The molecule has 1 heterocycles. The van der Waals surface area contributed by atoms with Gasteiger partial charge in [0.15, 0.2) is 0 Å². The molecule has 0 atom stereocenters. The van der Waals surface area contributed by atoms with Crippen LogP contribution in [-0.4, -0.2) is 45.0 Å². The molecule has 0 radical (unpaired) electrons. The fraction of sp³-hybridized carbons (Fsp3) is 0.364. The zero-order valence-corrected chi connectivity index (χ0v) is 18.0. The monoisotopic (exact) mass is 445 g/mol. The summed E-state index contributed by atoms with van der Waals surface area (Å²) in [5.74, 6) is -0.888. The molecule has 2 aromatic rings. The lowest BCUT2D eigenvalue weighted by atomic mass is 10.0. The van der Waals surface area contributed by atoms with E-state index in [-0.39, 0.29) is 29.0 Å². The molecule has 3 rings (SSSR count). The molecule has 164 valence electrons. The highest BCUT2D eigenvalue weighted by Gasteiger charge is 2.27. The third-order valence-corrected chi connectivity index (χ3v) is 6.55. The second-order valence-electron chi connectivity index (χ2n) is 7.35. The molecule has 0 aromatic heterocycles. The summed E-state index contributed by atoms with van der Waals surface area (Å²) in [7, 11) is -4.02. The van der Waals surface area contributed by atoms with Crippen molar-refractivity contribution >= 4 is 21.6 Å². The predicted molar refractivity (Wildman–Crippen MR) is 113 cm³/mol. The molecular weight excluding hydrogens is 421 g/mol. The number of ether oxygens (including phenoxy) is 1. The fourth-order valence-corrected chi connectivity index (χ4v) is 4.51. The number of aryl methyl sites for hydroxylation is 1. The zero-order chi connectivity index (χ0) is 22.4. The van der Waals surface area contributed by atoms with Crippen molar-refractivity contribution < 1.29 is 22.3 Å². The van der Waals surface area contributed by atoms with E-state index in [0.717, 1.165) is 6.07 Å². The topological polar surface area (TPSA) is 99.5 Å². The standard InChI is InChI=1S/C22H24FN3O4S/c1-16-6-7-20(15-21(16)23)31(28,29)25-18-5-2-4-17(14-18)22(27)26(11-3-10-24)19-8-12-30-13-9-19/h2,4-7,14-15,19,25H,3,8-9,11-13H2,1H3. The van der Waals surface area contributed by atoms with Gasteiger partial charge in [0.05, 0.1) is 17.4 Å². The van der Waals surface area contributed by atoms with Crippen molar-refractivity contribution in [3.05, 3.63) is 59.4 Å². The molecule has 1 N–H and O–H groups in total. The van der Waals surface area contributed by atoms with Gasteiger partial charge in [-0.05, 0) is 55.7 Å². The number of benzene rings is 2. The zero-order valence-electron chi connectivity index (χ0n) is 17.2. The normalized spacial score (nSPS) is 14.6. The van der Waals surface area contributed by atoms with Crippen molar-refractivity contribution in [2.75, 3.05) is 24.5 Å². The first kappa shape index (κ1) is 22.7. The SMILES string of the molecule is Cc1ccc(S(=O)(=O)Nc2cccc(C(=O)N(CCC#N)C3CCOCC3)c2)cc1F. The highest BCUT2D eigenvalue weighted by Crippen LogP contribution is 2.22. The number of amides is 1. The predicted octanol–water partition coefficient (Wildman–Crippen LogP) is 3.47. The molecule has 0 spiro atoms. The van der Waals surface area contributed by atoms with Crippen molar-refractivity contribution in [3.8, 4) is 6.07 Å². The van der Waals surface area contributed by atoms with Crippen LogP contribution >= 0.6 is 0 Å². The molecule has 31 heavy (non-hydrogen) atoms. The van der Waals surface area contributed by atoms with Gasteiger partial charge in [-0.25, -0.2) is 12.8 Å². The van der Waals surface area contributed by atoms with Crippen LogP contribution in [-0.2, 0) is 14.8 Å². The number of carbonyl (C=O) groups is 1. The Bertz CT molecular complexity index is 1090. The van der Waals surface area contributed by atoms with Gasteiger partial charge in [-0.1, -0.05) is 12.1 Å². The lowest BCUT2D eigenvalue weighted by Crippen LogP contribution is -2.44. The van der Waals surface area contributed by atoms with E-state index < -0.39 is 15.8 Å². The maximum atomic E-state index is 13.8. The van der Waals surface area contributed by atoms with Gasteiger partial charge in [0.25, 0.3) is 15.9 Å². The summed E-state index contributed by atoms with van der Waals surface area (Å²) in [5, 5.41) is 8.97. The number of hydrogen-bond donors (Lipinski definition) is 1. The average molecular weight is 446 g/mol. The maximum absolute atomic E-state index is 13.8. The number of nitriles is 1. The first-order valence-corrected chi connectivity index (χ1v) is 11.4. The van der Waals surface area contributed by atoms with Crippen LogP contribution < -0.4 is 4.72 Å². The molecular formula is C22H24FN3O4S. The lowest BCUT2D eigenvalue weighted by molar-refractivity contribution is 0.0296. The van der Waals surface area contributed by atoms with Crippen LogP contribution in [0.1, 0.15) is 35.2 Å². The number of anilines is 1. The van der Waals surface area contributed by atoms with Gasteiger partial charge in [-0.2, -0.15) is 5.26 Å². The number of nitrogens with one attached hydrogen (secondary N) is 1. The van der Waals surface area contributed by atoms with Crippen molar-refractivity contribution in [3.63, 3.8) is 0 Å². The second kappa shape index (κ2) is 9.90. The molecule has 1 aliphatic heterocycles. The minimum absolute atomic E-state index is 0.0366. The first-order valence-electron chi connectivity index (χ1n) is 9.96. The second-order valence-corrected chi connectivity index (χ2v) is 9.03. The first-order chi connectivity index (χ1) is 14.8. The smallest absolute Gasteiger partial charge is 0.261 e. The van der Waals surface area contributed by atoms with E-state index in [2.05, 4.69) is 10.8 Å². The van der Waals surface area contributed by atoms with Gasteiger partial charge < -0.3 is 9.64 Å². The molecule has 9 heteroatoms. The average Bonchev–Trinajstić information content (AvgIpc) is 2.76. The van der Waals surface area contributed by atoms with Crippen molar-refractivity contribution in [1.82, 2.24) is 4.90 Å². The van der Waals surface area contributed by atoms with Crippen LogP contribution in [0.25, 0.3) is 0 Å². The van der Waals surface area contributed by atoms with Gasteiger partial charge >= 0.3 is 0 Å². The molecule has 1 aliphatic rings. The summed E-state index contributed by atoms with van der Waals surface area (Å²) >= 11 is 0. The number of carbonyl (C=O) groups excluding carboxylic acids is 1. The van der Waals surface area contributed by atoms with Crippen molar-refractivity contribution in [2.24, 2.45) is 0 Å². The quantitative estimate of drug-likeness (QED) is 0.704. The number of rotatable bonds is 7. The van der Waals surface area contributed by atoms with E-state index in [9.17, 15) is 17.6 Å². The Morgan fingerprint density at radius 3 is 2.68 bits per heavy atom. The molecule has 1 fully saturated rings. The molecule has 2 aromatic carbocycles. The third-order valence-electron chi connectivity index (χ3n) is 5.17. The van der Waals surface area contributed by atoms with Crippen LogP contribution in [0.5, 0.6) is 0 Å². The van der Waals surface area contributed by atoms with Gasteiger partial charge in [0.1, 0.15) is 5.82 Å². The van der Waals surface area contributed by atoms with E-state index in [4.69, 9.17) is 10.00 Å². The summed E-state index contributed by atoms with van der Waals surface area (Å²) in [6, 6.07) is 11.9. The van der Waals surface area contributed by atoms with Crippen LogP contribution in [0.3, 0.4) is 0 Å². The van der Waals surface area contributed by atoms with E-state index in [1.165, 1.54) is 24.3 Å². The van der Waals surface area contributed by atoms with Gasteiger partial charge in [0, 0.05) is 37.1 Å². The lowest BCUT2D eigenvalue weighted by Gasteiger charge is -2.34. The Kier molecular flexibility index (Phi) is 7.25. The van der Waals surface area contributed by atoms with E-state index >= 15 is 0 Å². The Morgan fingerprint density at radius 2 is 2.00 bits per heavy atom. The third kappa shape index (κ3) is 5.60. The van der Waals surface area contributed by atoms with Crippen LogP contribution in [0, 0.1) is 24.1 Å². The van der Waals surface area contributed by atoms with Gasteiger partial charge in [0.2, 0.25) is 0 Å². The minimum Gasteiger partial charge on any atom is -0.381 e. The number of hydrogen-bond acceptors (Lipinski definition) is 5. The Labute approximate surface area is 181 Å². The fourth-order valence-electron chi connectivity index (χ4n) is 3.45. The molecule has 0 saturated carbocycles. The van der Waals surface area contributed by atoms with Gasteiger partial charge in [-0.15, -0.1) is 0 Å². The van der Waals surface area contributed by atoms with Gasteiger partial charge in [-0.3, -0.25) is 9.52 Å². The largest absolute Gasteiger partial charge is 0.381 e. The highest BCUT2D eigenvalue weighted by molar-refractivity contribution is 7.92. The Morgan fingerprint density at radius 1 is 1.26 bits per heavy atom. The van der Waals surface area contributed by atoms with Crippen LogP contribution in [0.15, 0.2) is 47.4 Å². The molecule has 0 aliphatic carbocycles. The van der Waals surface area contributed by atoms with E-state index in [1.54, 1.807) is 24.0 Å². The van der Waals surface area contributed by atoms with Crippen LogP contribution in [0.4, 0.5) is 10.1 Å². The number of nitrogens with zero attached hydrogens (tertiary/aromatic N) is 2. The summed E-state index contributed by atoms with van der Waals surface area (Å²) in [6.45, 7) is 2.94. The minimum atomic E-state index is -4.02. The number of sulfonamides is 1. The number of halogens is 1. The highest BCUT2D eigenvalue weighted by atomic mass is 32.2. The van der Waals surface area contributed by atoms with E-state index in [1.807, 2.05) is 0 Å². The summed E-state index contributed by atoms with van der Waals surface area (Å²) in [5.41, 5.74) is 0.843. The summed E-state index contributed by atoms with van der Waals surface area (Å²) < 4.78 is 46.9. The molecule has 0 bridgehead atoms. The Hall–Kier alpha value is -2.96. The van der Waals surface area contributed by atoms with Crippen molar-refractivity contribution in [1.29, 1.82) is 5.26 Å². The molecule has 7 nitrogen and oxygen atoms in total. The van der Waals surface area contributed by atoms with Crippen LogP contribution in [0.2, 0.25) is 0 Å². The summed E-state index contributed by atoms with van der Waals surface area (Å²) in [4.78, 5) is 14.6. The Balaban J connectivity index is 1.82. The molecule has 1 amide bonds. The maximum Gasteiger partial charge on any atom is 0.261 e.